The largest absolute Gasteiger partial charge is 0.497 e. The van der Waals surface area contributed by atoms with Gasteiger partial charge in [0.15, 0.2) is 0 Å². The molecule has 1 atom stereocenters. The smallest absolute Gasteiger partial charge is 0.241 e. The molecule has 0 saturated carbocycles. The van der Waals surface area contributed by atoms with Crippen molar-refractivity contribution in [3.05, 3.63) is 54.1 Å². The first-order valence-electron chi connectivity index (χ1n) is 8.83. The average Bonchev–Trinajstić information content (AvgIpc) is 2.69. The molecule has 1 unspecified atom stereocenters. The molecular weight excluding hydrogens is 380 g/mol. The van der Waals surface area contributed by atoms with E-state index in [1.807, 2.05) is 31.2 Å². The number of sulfonamides is 1. The molecule has 0 saturated heterocycles. The Hall–Kier alpha value is -2.74. The molecule has 28 heavy (non-hydrogen) atoms. The number of carbonyl (C=O) groups excluding carboxylic acids is 1. The predicted octanol–water partition coefficient (Wildman–Crippen LogP) is 2.74. The van der Waals surface area contributed by atoms with Crippen LogP contribution in [0, 0.1) is 0 Å². The maximum atomic E-state index is 12.6. The SMILES string of the molecule is CCC(NC(=O)CN(c1cccc(OC)c1)S(C)(=O)=O)c1ccc(OC)cc1. The molecule has 1 amide bonds. The van der Waals surface area contributed by atoms with Crippen molar-refractivity contribution in [2.45, 2.75) is 19.4 Å². The molecule has 1 N–H and O–H groups in total. The Labute approximate surface area is 166 Å². The van der Waals surface area contributed by atoms with Gasteiger partial charge in [-0.1, -0.05) is 25.1 Å². The van der Waals surface area contributed by atoms with Crippen molar-refractivity contribution in [1.29, 1.82) is 0 Å². The van der Waals surface area contributed by atoms with Crippen LogP contribution in [-0.4, -0.2) is 41.3 Å². The summed E-state index contributed by atoms with van der Waals surface area (Å²) in [6.07, 6.45) is 1.73. The maximum absolute atomic E-state index is 12.6. The lowest BCUT2D eigenvalue weighted by molar-refractivity contribution is -0.120. The number of nitrogens with one attached hydrogen (secondary N) is 1. The lowest BCUT2D eigenvalue weighted by Crippen LogP contribution is -2.41. The highest BCUT2D eigenvalue weighted by molar-refractivity contribution is 7.92. The van der Waals surface area contributed by atoms with Gasteiger partial charge in [0.1, 0.15) is 18.0 Å². The van der Waals surface area contributed by atoms with Crippen LogP contribution in [0.5, 0.6) is 11.5 Å². The second-order valence-corrected chi connectivity index (χ2v) is 8.18. The first-order valence-corrected chi connectivity index (χ1v) is 10.7. The minimum Gasteiger partial charge on any atom is -0.497 e. The molecule has 0 aliphatic heterocycles. The minimum atomic E-state index is -3.65. The molecule has 0 aromatic heterocycles. The highest BCUT2D eigenvalue weighted by Crippen LogP contribution is 2.24. The molecule has 2 aromatic carbocycles. The number of methoxy groups -OCH3 is 2. The second-order valence-electron chi connectivity index (χ2n) is 6.27. The second kappa shape index (κ2) is 9.45. The Morgan fingerprint density at radius 1 is 1.07 bits per heavy atom. The van der Waals surface area contributed by atoms with Gasteiger partial charge in [-0.3, -0.25) is 9.10 Å². The molecule has 0 radical (unpaired) electrons. The van der Waals surface area contributed by atoms with Crippen molar-refractivity contribution >= 4 is 21.6 Å². The molecular formula is C20H26N2O5S. The minimum absolute atomic E-state index is 0.231. The summed E-state index contributed by atoms with van der Waals surface area (Å²) in [5, 5.41) is 2.90. The summed E-state index contributed by atoms with van der Waals surface area (Å²) < 4.78 is 35.9. The van der Waals surface area contributed by atoms with Crippen molar-refractivity contribution in [3.8, 4) is 11.5 Å². The number of hydrogen-bond donors (Lipinski definition) is 1. The van der Waals surface area contributed by atoms with Crippen LogP contribution >= 0.6 is 0 Å². The third-order valence-corrected chi connectivity index (χ3v) is 5.43. The van der Waals surface area contributed by atoms with Crippen LogP contribution in [0.25, 0.3) is 0 Å². The van der Waals surface area contributed by atoms with E-state index < -0.39 is 15.9 Å². The average molecular weight is 407 g/mol. The molecule has 7 nitrogen and oxygen atoms in total. The summed E-state index contributed by atoms with van der Waals surface area (Å²) in [5.74, 6) is 0.846. The Balaban J connectivity index is 2.18. The molecule has 2 rings (SSSR count). The van der Waals surface area contributed by atoms with Crippen molar-refractivity contribution in [3.63, 3.8) is 0 Å². The van der Waals surface area contributed by atoms with E-state index in [1.54, 1.807) is 31.4 Å². The summed E-state index contributed by atoms with van der Waals surface area (Å²) in [6, 6.07) is 13.8. The van der Waals surface area contributed by atoms with Gasteiger partial charge in [-0.2, -0.15) is 0 Å². The normalized spacial score (nSPS) is 12.1. The van der Waals surface area contributed by atoms with Gasteiger partial charge in [0.05, 0.1) is 32.2 Å². The standard InChI is InChI=1S/C20H26N2O5S/c1-5-19(15-9-11-17(26-2)12-10-15)21-20(23)14-22(28(4,24)25)16-7-6-8-18(13-16)27-3/h6-13,19H,5,14H2,1-4H3,(H,21,23). The highest BCUT2D eigenvalue weighted by Gasteiger charge is 2.23. The molecule has 0 aliphatic rings. The van der Waals surface area contributed by atoms with Crippen molar-refractivity contribution in [1.82, 2.24) is 5.32 Å². The molecule has 0 heterocycles. The van der Waals surface area contributed by atoms with Gasteiger partial charge in [0.25, 0.3) is 0 Å². The molecule has 0 aliphatic carbocycles. The summed E-state index contributed by atoms with van der Waals surface area (Å²) >= 11 is 0. The Morgan fingerprint density at radius 2 is 1.71 bits per heavy atom. The predicted molar refractivity (Wildman–Crippen MR) is 109 cm³/mol. The van der Waals surface area contributed by atoms with Crippen LogP contribution in [-0.2, 0) is 14.8 Å². The van der Waals surface area contributed by atoms with Gasteiger partial charge in [-0.25, -0.2) is 8.42 Å². The van der Waals surface area contributed by atoms with Gasteiger partial charge in [0.2, 0.25) is 15.9 Å². The number of amides is 1. The van der Waals surface area contributed by atoms with Crippen LogP contribution < -0.4 is 19.1 Å². The van der Waals surface area contributed by atoms with E-state index in [1.165, 1.54) is 7.11 Å². The fraction of sp³-hybridized carbons (Fsp3) is 0.350. The van der Waals surface area contributed by atoms with E-state index in [-0.39, 0.29) is 12.6 Å². The number of anilines is 1. The van der Waals surface area contributed by atoms with E-state index >= 15 is 0 Å². The van der Waals surface area contributed by atoms with Gasteiger partial charge in [0, 0.05) is 6.07 Å². The topological polar surface area (TPSA) is 84.9 Å². The maximum Gasteiger partial charge on any atom is 0.241 e. The number of carbonyl (C=O) groups is 1. The number of benzene rings is 2. The third kappa shape index (κ3) is 5.63. The van der Waals surface area contributed by atoms with Crippen LogP contribution in [0.2, 0.25) is 0 Å². The lowest BCUT2D eigenvalue weighted by atomic mass is 10.0. The Bertz CT molecular complexity index is 897. The van der Waals surface area contributed by atoms with E-state index in [2.05, 4.69) is 5.32 Å². The summed E-state index contributed by atoms with van der Waals surface area (Å²) in [7, 11) is -0.567. The molecule has 2 aromatic rings. The number of ether oxygens (including phenoxy) is 2. The molecule has 0 spiro atoms. The molecule has 8 heteroatoms. The van der Waals surface area contributed by atoms with E-state index in [4.69, 9.17) is 9.47 Å². The van der Waals surface area contributed by atoms with Gasteiger partial charge in [-0.05, 0) is 36.2 Å². The first-order chi connectivity index (χ1) is 13.3. The number of rotatable bonds is 9. The summed E-state index contributed by atoms with van der Waals surface area (Å²) in [4.78, 5) is 12.6. The first kappa shape index (κ1) is 21.6. The fourth-order valence-corrected chi connectivity index (χ4v) is 3.64. The highest BCUT2D eigenvalue weighted by atomic mass is 32.2. The van der Waals surface area contributed by atoms with E-state index in [0.717, 1.165) is 21.9 Å². The van der Waals surface area contributed by atoms with Crippen molar-refractivity contribution in [2.24, 2.45) is 0 Å². The zero-order valence-corrected chi connectivity index (χ0v) is 17.3. The number of nitrogens with zero attached hydrogens (tertiary/aromatic N) is 1. The van der Waals surface area contributed by atoms with Crippen LogP contribution in [0.3, 0.4) is 0 Å². The van der Waals surface area contributed by atoms with Gasteiger partial charge < -0.3 is 14.8 Å². The van der Waals surface area contributed by atoms with Crippen molar-refractivity contribution in [2.75, 3.05) is 31.3 Å². The van der Waals surface area contributed by atoms with Crippen LogP contribution in [0.1, 0.15) is 24.9 Å². The van der Waals surface area contributed by atoms with Crippen LogP contribution in [0.4, 0.5) is 5.69 Å². The van der Waals surface area contributed by atoms with Gasteiger partial charge >= 0.3 is 0 Å². The van der Waals surface area contributed by atoms with E-state index in [0.29, 0.717) is 17.9 Å². The molecule has 0 bridgehead atoms. The Morgan fingerprint density at radius 3 is 2.25 bits per heavy atom. The molecule has 0 fully saturated rings. The molecule has 152 valence electrons. The van der Waals surface area contributed by atoms with Crippen LogP contribution in [0.15, 0.2) is 48.5 Å². The van der Waals surface area contributed by atoms with E-state index in [9.17, 15) is 13.2 Å². The zero-order chi connectivity index (χ0) is 20.7. The quantitative estimate of drug-likeness (QED) is 0.692. The third-order valence-electron chi connectivity index (χ3n) is 4.29. The number of hydrogen-bond acceptors (Lipinski definition) is 5. The Kier molecular flexibility index (Phi) is 7.28. The zero-order valence-electron chi connectivity index (χ0n) is 16.5. The fourth-order valence-electron chi connectivity index (χ4n) is 2.79. The lowest BCUT2D eigenvalue weighted by Gasteiger charge is -2.24. The summed E-state index contributed by atoms with van der Waals surface area (Å²) in [5.41, 5.74) is 1.29. The monoisotopic (exact) mass is 406 g/mol. The van der Waals surface area contributed by atoms with Gasteiger partial charge in [-0.15, -0.1) is 0 Å². The summed E-state index contributed by atoms with van der Waals surface area (Å²) in [6.45, 7) is 1.63. The van der Waals surface area contributed by atoms with Crippen molar-refractivity contribution < 1.29 is 22.7 Å².